The Bertz CT molecular complexity index is 892. The first kappa shape index (κ1) is 16.3. The first-order chi connectivity index (χ1) is 12.2. The Hall–Kier alpha value is -3.60. The third kappa shape index (κ3) is 4.45. The van der Waals surface area contributed by atoms with Crippen molar-refractivity contribution in [3.8, 4) is 17.2 Å². The van der Waals surface area contributed by atoms with E-state index in [0.717, 1.165) is 11.3 Å². The summed E-state index contributed by atoms with van der Waals surface area (Å²) in [5.74, 6) is 0.839. The monoisotopic (exact) mass is 332 g/mol. The number of hydrogen-bond acceptors (Lipinski definition) is 4. The van der Waals surface area contributed by atoms with Crippen molar-refractivity contribution in [3.63, 3.8) is 0 Å². The zero-order chi connectivity index (χ0) is 17.5. The topological polar surface area (TPSA) is 70.9 Å². The van der Waals surface area contributed by atoms with Crippen molar-refractivity contribution < 1.29 is 14.6 Å². The molecule has 0 spiro atoms. The van der Waals surface area contributed by atoms with Gasteiger partial charge in [0.25, 0.3) is 5.91 Å². The molecule has 124 valence electrons. The second-order valence-electron chi connectivity index (χ2n) is 5.20. The third-order valence-corrected chi connectivity index (χ3v) is 3.37. The van der Waals surface area contributed by atoms with Crippen LogP contribution < -0.4 is 10.2 Å². The van der Waals surface area contributed by atoms with Gasteiger partial charge in [0.15, 0.2) is 0 Å². The highest BCUT2D eigenvalue weighted by molar-refractivity contribution is 5.97. The minimum Gasteiger partial charge on any atom is -0.507 e. The van der Waals surface area contributed by atoms with Gasteiger partial charge in [-0.25, -0.2) is 5.43 Å². The number of rotatable bonds is 5. The SMILES string of the molecule is O=C(N/N=C\c1cccc(Oc2ccccc2)c1)c1ccccc1O. The first-order valence-corrected chi connectivity index (χ1v) is 7.67. The number of phenolic OH excluding ortho intramolecular Hbond substituents is 1. The molecule has 25 heavy (non-hydrogen) atoms. The number of nitrogens with zero attached hydrogens (tertiary/aromatic N) is 1. The lowest BCUT2D eigenvalue weighted by Gasteiger charge is -2.06. The van der Waals surface area contributed by atoms with Crippen LogP contribution in [0.4, 0.5) is 0 Å². The molecular weight excluding hydrogens is 316 g/mol. The minimum atomic E-state index is -0.481. The van der Waals surface area contributed by atoms with Crippen molar-refractivity contribution in [3.05, 3.63) is 90.0 Å². The Morgan fingerprint density at radius 3 is 2.44 bits per heavy atom. The number of nitrogens with one attached hydrogen (secondary N) is 1. The van der Waals surface area contributed by atoms with E-state index in [0.29, 0.717) is 5.75 Å². The van der Waals surface area contributed by atoms with Gasteiger partial charge in [-0.3, -0.25) is 4.79 Å². The van der Waals surface area contributed by atoms with Gasteiger partial charge in [-0.15, -0.1) is 0 Å². The number of benzene rings is 3. The van der Waals surface area contributed by atoms with Crippen molar-refractivity contribution in [2.24, 2.45) is 5.10 Å². The zero-order valence-electron chi connectivity index (χ0n) is 13.3. The maximum Gasteiger partial charge on any atom is 0.275 e. The Morgan fingerprint density at radius 1 is 0.920 bits per heavy atom. The predicted molar refractivity (Wildman–Crippen MR) is 96.1 cm³/mol. The minimum absolute atomic E-state index is 0.0894. The molecule has 0 atom stereocenters. The molecule has 5 nitrogen and oxygen atoms in total. The lowest BCUT2D eigenvalue weighted by molar-refractivity contribution is 0.0952. The van der Waals surface area contributed by atoms with Crippen LogP contribution in [0.1, 0.15) is 15.9 Å². The number of carbonyl (C=O) groups excluding carboxylic acids is 1. The molecule has 0 bridgehead atoms. The fourth-order valence-electron chi connectivity index (χ4n) is 2.17. The molecule has 0 unspecified atom stereocenters. The summed E-state index contributed by atoms with van der Waals surface area (Å²) in [6, 6.07) is 23.1. The van der Waals surface area contributed by atoms with Crippen LogP contribution in [0, 0.1) is 0 Å². The molecule has 0 saturated carbocycles. The summed E-state index contributed by atoms with van der Waals surface area (Å²) in [6.07, 6.45) is 1.51. The van der Waals surface area contributed by atoms with Crippen molar-refractivity contribution in [2.75, 3.05) is 0 Å². The molecule has 0 aliphatic heterocycles. The number of aromatic hydroxyl groups is 1. The van der Waals surface area contributed by atoms with Gasteiger partial charge in [0, 0.05) is 0 Å². The van der Waals surface area contributed by atoms with Crippen molar-refractivity contribution in [1.29, 1.82) is 0 Å². The van der Waals surface area contributed by atoms with Crippen molar-refractivity contribution >= 4 is 12.1 Å². The van der Waals surface area contributed by atoms with Crippen LogP contribution in [0.25, 0.3) is 0 Å². The smallest absolute Gasteiger partial charge is 0.275 e. The van der Waals surface area contributed by atoms with E-state index in [4.69, 9.17) is 4.74 Å². The zero-order valence-corrected chi connectivity index (χ0v) is 13.3. The quantitative estimate of drug-likeness (QED) is 0.549. The summed E-state index contributed by atoms with van der Waals surface area (Å²) in [5, 5.41) is 13.6. The van der Waals surface area contributed by atoms with Gasteiger partial charge in [-0.05, 0) is 42.0 Å². The summed E-state index contributed by atoms with van der Waals surface area (Å²) >= 11 is 0. The molecule has 5 heteroatoms. The van der Waals surface area contributed by atoms with Gasteiger partial charge >= 0.3 is 0 Å². The Kier molecular flexibility index (Phi) is 5.07. The van der Waals surface area contributed by atoms with E-state index in [2.05, 4.69) is 10.5 Å². The van der Waals surface area contributed by atoms with Crippen LogP contribution in [0.3, 0.4) is 0 Å². The highest BCUT2D eigenvalue weighted by Crippen LogP contribution is 2.21. The Balaban J connectivity index is 1.65. The standard InChI is InChI=1S/C20H16N2O3/c23-19-12-5-4-11-18(19)20(24)22-21-14-15-7-6-10-17(13-15)25-16-8-2-1-3-9-16/h1-14,23H,(H,22,24)/b21-14-. The van der Waals surface area contributed by atoms with Crippen LogP contribution in [-0.2, 0) is 0 Å². The lowest BCUT2D eigenvalue weighted by Crippen LogP contribution is -2.17. The number of phenols is 1. The van der Waals surface area contributed by atoms with Gasteiger partial charge < -0.3 is 9.84 Å². The molecule has 3 aromatic carbocycles. The van der Waals surface area contributed by atoms with Crippen LogP contribution in [0.5, 0.6) is 17.2 Å². The summed E-state index contributed by atoms with van der Waals surface area (Å²) in [7, 11) is 0. The second-order valence-corrected chi connectivity index (χ2v) is 5.20. The average Bonchev–Trinajstić information content (AvgIpc) is 2.63. The van der Waals surface area contributed by atoms with Gasteiger partial charge in [0.1, 0.15) is 17.2 Å². The van der Waals surface area contributed by atoms with Crippen LogP contribution >= 0.6 is 0 Å². The van der Waals surface area contributed by atoms with E-state index in [9.17, 15) is 9.90 Å². The first-order valence-electron chi connectivity index (χ1n) is 7.67. The second kappa shape index (κ2) is 7.79. The molecule has 0 fully saturated rings. The number of hydrogen-bond donors (Lipinski definition) is 2. The van der Waals surface area contributed by atoms with Crippen LogP contribution in [0.15, 0.2) is 84.0 Å². The number of para-hydroxylation sites is 2. The fraction of sp³-hybridized carbons (Fsp3) is 0. The van der Waals surface area contributed by atoms with E-state index in [1.165, 1.54) is 18.3 Å². The Labute approximate surface area is 145 Å². The van der Waals surface area contributed by atoms with E-state index in [1.54, 1.807) is 12.1 Å². The van der Waals surface area contributed by atoms with Crippen LogP contribution in [-0.4, -0.2) is 17.2 Å². The predicted octanol–water partition coefficient (Wildman–Crippen LogP) is 3.95. The highest BCUT2D eigenvalue weighted by atomic mass is 16.5. The molecule has 3 rings (SSSR count). The molecule has 0 aliphatic rings. The molecule has 2 N–H and O–H groups in total. The van der Waals surface area contributed by atoms with Crippen molar-refractivity contribution in [1.82, 2.24) is 5.43 Å². The highest BCUT2D eigenvalue weighted by Gasteiger charge is 2.08. The van der Waals surface area contributed by atoms with Crippen LogP contribution in [0.2, 0.25) is 0 Å². The maximum absolute atomic E-state index is 12.0. The largest absolute Gasteiger partial charge is 0.507 e. The summed E-state index contributed by atoms with van der Waals surface area (Å²) in [5.41, 5.74) is 3.32. The maximum atomic E-state index is 12.0. The number of hydrazone groups is 1. The lowest BCUT2D eigenvalue weighted by atomic mass is 10.2. The van der Waals surface area contributed by atoms with Gasteiger partial charge in [-0.2, -0.15) is 5.10 Å². The molecule has 1 amide bonds. The van der Waals surface area contributed by atoms with Gasteiger partial charge in [0.2, 0.25) is 0 Å². The van der Waals surface area contributed by atoms with Crippen molar-refractivity contribution in [2.45, 2.75) is 0 Å². The number of carbonyl (C=O) groups is 1. The van der Waals surface area contributed by atoms with E-state index in [1.807, 2.05) is 54.6 Å². The fourth-order valence-corrected chi connectivity index (χ4v) is 2.17. The molecule has 0 heterocycles. The molecule has 3 aromatic rings. The summed E-state index contributed by atoms with van der Waals surface area (Å²) < 4.78 is 5.75. The summed E-state index contributed by atoms with van der Waals surface area (Å²) in [6.45, 7) is 0. The van der Waals surface area contributed by atoms with Gasteiger partial charge in [-0.1, -0.05) is 42.5 Å². The molecule has 0 saturated heterocycles. The van der Waals surface area contributed by atoms with E-state index >= 15 is 0 Å². The number of ether oxygens (including phenoxy) is 1. The normalized spacial score (nSPS) is 10.6. The van der Waals surface area contributed by atoms with E-state index < -0.39 is 5.91 Å². The summed E-state index contributed by atoms with van der Waals surface area (Å²) in [4.78, 5) is 12.0. The third-order valence-electron chi connectivity index (χ3n) is 3.37. The molecule has 0 aliphatic carbocycles. The molecule has 0 radical (unpaired) electrons. The number of amides is 1. The Morgan fingerprint density at radius 2 is 1.64 bits per heavy atom. The van der Waals surface area contributed by atoms with E-state index in [-0.39, 0.29) is 11.3 Å². The molecular formula is C20H16N2O3. The van der Waals surface area contributed by atoms with Gasteiger partial charge in [0.05, 0.1) is 11.8 Å². The average molecular weight is 332 g/mol. The molecule has 0 aromatic heterocycles.